The standard InChI is InChI=1S/C20H24F2N2O4S/c1-5-9-29(26,27)24-17-8-6-7-16(14(17)4)23-19(25)15-10-12(2)18(13(3)11-15)28-20(21)22/h6-8,10-11,20,24H,5,9H2,1-4H3,(H,23,25). The Morgan fingerprint density at radius 1 is 1.10 bits per heavy atom. The van der Waals surface area contributed by atoms with Crippen LogP contribution in [-0.4, -0.2) is 26.7 Å². The summed E-state index contributed by atoms with van der Waals surface area (Å²) >= 11 is 0. The van der Waals surface area contributed by atoms with Crippen LogP contribution in [0.1, 0.15) is 40.4 Å². The predicted molar refractivity (Wildman–Crippen MR) is 109 cm³/mol. The fourth-order valence-electron chi connectivity index (χ4n) is 2.92. The summed E-state index contributed by atoms with van der Waals surface area (Å²) in [7, 11) is -3.47. The predicted octanol–water partition coefficient (Wildman–Crippen LogP) is 4.62. The third-order valence-corrected chi connectivity index (χ3v) is 5.73. The van der Waals surface area contributed by atoms with Crippen LogP contribution in [0.3, 0.4) is 0 Å². The molecule has 0 aliphatic heterocycles. The molecule has 2 aromatic rings. The molecule has 0 aromatic heterocycles. The molecule has 9 heteroatoms. The lowest BCUT2D eigenvalue weighted by molar-refractivity contribution is -0.0507. The molecule has 0 aliphatic rings. The van der Waals surface area contributed by atoms with Crippen LogP contribution in [0, 0.1) is 20.8 Å². The number of rotatable bonds is 8. The maximum atomic E-state index is 12.7. The molecule has 29 heavy (non-hydrogen) atoms. The van der Waals surface area contributed by atoms with E-state index < -0.39 is 22.5 Å². The molecule has 0 saturated heterocycles. The Bertz CT molecular complexity index is 985. The zero-order valence-corrected chi connectivity index (χ0v) is 17.5. The Labute approximate surface area is 169 Å². The third kappa shape index (κ3) is 5.90. The molecule has 0 fully saturated rings. The van der Waals surface area contributed by atoms with Gasteiger partial charge in [0.15, 0.2) is 0 Å². The van der Waals surface area contributed by atoms with Crippen molar-refractivity contribution in [1.29, 1.82) is 0 Å². The van der Waals surface area contributed by atoms with Crippen molar-refractivity contribution in [3.05, 3.63) is 52.6 Å². The lowest BCUT2D eigenvalue weighted by Gasteiger charge is -2.16. The van der Waals surface area contributed by atoms with Crippen molar-refractivity contribution in [1.82, 2.24) is 0 Å². The topological polar surface area (TPSA) is 84.5 Å². The van der Waals surface area contributed by atoms with E-state index in [0.717, 1.165) is 0 Å². The smallest absolute Gasteiger partial charge is 0.387 e. The fourth-order valence-corrected chi connectivity index (χ4v) is 4.12. The number of alkyl halides is 2. The number of benzene rings is 2. The molecular weight excluding hydrogens is 402 g/mol. The van der Waals surface area contributed by atoms with Crippen LogP contribution < -0.4 is 14.8 Å². The number of hydrogen-bond donors (Lipinski definition) is 2. The average Bonchev–Trinajstić information content (AvgIpc) is 2.60. The molecule has 0 heterocycles. The lowest BCUT2D eigenvalue weighted by atomic mass is 10.0. The highest BCUT2D eigenvalue weighted by Gasteiger charge is 2.17. The Balaban J connectivity index is 2.26. The van der Waals surface area contributed by atoms with Crippen LogP contribution in [0.4, 0.5) is 20.2 Å². The van der Waals surface area contributed by atoms with E-state index in [1.54, 1.807) is 45.9 Å². The molecular formula is C20H24F2N2O4S. The van der Waals surface area contributed by atoms with Crippen LogP contribution in [0.5, 0.6) is 5.75 Å². The molecule has 0 unspecified atom stereocenters. The first-order valence-corrected chi connectivity index (χ1v) is 10.7. The van der Waals surface area contributed by atoms with Crippen LogP contribution >= 0.6 is 0 Å². The quantitative estimate of drug-likeness (QED) is 0.645. The van der Waals surface area contributed by atoms with Crippen molar-refractivity contribution in [3.63, 3.8) is 0 Å². The second-order valence-electron chi connectivity index (χ2n) is 6.67. The minimum atomic E-state index is -3.47. The summed E-state index contributed by atoms with van der Waals surface area (Å²) in [6, 6.07) is 7.82. The first-order valence-electron chi connectivity index (χ1n) is 9.01. The second kappa shape index (κ2) is 9.21. The maximum Gasteiger partial charge on any atom is 0.387 e. The summed E-state index contributed by atoms with van der Waals surface area (Å²) in [6.07, 6.45) is 0.481. The molecule has 1 amide bonds. The number of halogens is 2. The number of amides is 1. The van der Waals surface area contributed by atoms with E-state index >= 15 is 0 Å². The first-order chi connectivity index (χ1) is 13.5. The molecule has 0 spiro atoms. The van der Waals surface area contributed by atoms with Crippen molar-refractivity contribution < 1.29 is 26.7 Å². The Hall–Kier alpha value is -2.68. The molecule has 0 bridgehead atoms. The maximum absolute atomic E-state index is 12.7. The largest absolute Gasteiger partial charge is 0.434 e. The van der Waals surface area contributed by atoms with Gasteiger partial charge in [-0.05, 0) is 68.1 Å². The normalized spacial score (nSPS) is 11.4. The molecule has 2 rings (SSSR count). The van der Waals surface area contributed by atoms with Crippen LogP contribution in [-0.2, 0) is 10.0 Å². The van der Waals surface area contributed by atoms with Crippen molar-refractivity contribution in [3.8, 4) is 5.75 Å². The van der Waals surface area contributed by atoms with Gasteiger partial charge in [-0.1, -0.05) is 13.0 Å². The fraction of sp³-hybridized carbons (Fsp3) is 0.350. The highest BCUT2D eigenvalue weighted by Crippen LogP contribution is 2.28. The van der Waals surface area contributed by atoms with Crippen molar-refractivity contribution >= 4 is 27.3 Å². The van der Waals surface area contributed by atoms with E-state index in [0.29, 0.717) is 34.5 Å². The SMILES string of the molecule is CCCS(=O)(=O)Nc1cccc(NC(=O)c2cc(C)c(OC(F)F)c(C)c2)c1C. The summed E-state index contributed by atoms with van der Waals surface area (Å²) < 4.78 is 56.1. The lowest BCUT2D eigenvalue weighted by Crippen LogP contribution is -2.18. The van der Waals surface area contributed by atoms with E-state index in [1.807, 2.05) is 0 Å². The van der Waals surface area contributed by atoms with Crippen LogP contribution in [0.15, 0.2) is 30.3 Å². The molecule has 0 saturated carbocycles. The summed E-state index contributed by atoms with van der Waals surface area (Å²) in [5.41, 5.74) is 2.48. The first kappa shape index (κ1) is 22.6. The number of carbonyl (C=O) groups is 1. The minimum absolute atomic E-state index is 0.00534. The Morgan fingerprint density at radius 2 is 1.69 bits per heavy atom. The van der Waals surface area contributed by atoms with E-state index in [-0.39, 0.29) is 17.1 Å². The number of ether oxygens (including phenoxy) is 1. The Morgan fingerprint density at radius 3 is 2.24 bits per heavy atom. The van der Waals surface area contributed by atoms with Crippen LogP contribution in [0.25, 0.3) is 0 Å². The zero-order valence-electron chi connectivity index (χ0n) is 16.7. The number of anilines is 2. The summed E-state index contributed by atoms with van der Waals surface area (Å²) in [6.45, 7) is 3.67. The van der Waals surface area contributed by atoms with Crippen LogP contribution in [0.2, 0.25) is 0 Å². The number of carbonyl (C=O) groups excluding carboxylic acids is 1. The van der Waals surface area contributed by atoms with Gasteiger partial charge in [0.05, 0.1) is 11.4 Å². The average molecular weight is 426 g/mol. The number of hydrogen-bond acceptors (Lipinski definition) is 4. The minimum Gasteiger partial charge on any atom is -0.434 e. The summed E-state index contributed by atoms with van der Waals surface area (Å²) in [5.74, 6) is -0.411. The van der Waals surface area contributed by atoms with Gasteiger partial charge >= 0.3 is 6.61 Å². The molecule has 0 atom stereocenters. The zero-order chi connectivity index (χ0) is 21.8. The Kier molecular flexibility index (Phi) is 7.18. The highest BCUT2D eigenvalue weighted by atomic mass is 32.2. The molecule has 0 aliphatic carbocycles. The van der Waals surface area contributed by atoms with E-state index in [4.69, 9.17) is 0 Å². The molecule has 2 N–H and O–H groups in total. The van der Waals surface area contributed by atoms with Gasteiger partial charge in [-0.3, -0.25) is 9.52 Å². The summed E-state index contributed by atoms with van der Waals surface area (Å²) in [4.78, 5) is 12.7. The van der Waals surface area contributed by atoms with Crippen molar-refractivity contribution in [2.45, 2.75) is 40.7 Å². The number of sulfonamides is 1. The molecule has 0 radical (unpaired) electrons. The van der Waals surface area contributed by atoms with E-state index in [9.17, 15) is 22.0 Å². The van der Waals surface area contributed by atoms with Gasteiger partial charge < -0.3 is 10.1 Å². The summed E-state index contributed by atoms with van der Waals surface area (Å²) in [5, 5.41) is 2.74. The van der Waals surface area contributed by atoms with Gasteiger partial charge in [-0.25, -0.2) is 8.42 Å². The van der Waals surface area contributed by atoms with E-state index in [2.05, 4.69) is 14.8 Å². The monoisotopic (exact) mass is 426 g/mol. The molecule has 6 nitrogen and oxygen atoms in total. The number of nitrogens with one attached hydrogen (secondary N) is 2. The van der Waals surface area contributed by atoms with Gasteiger partial charge in [0.25, 0.3) is 5.91 Å². The van der Waals surface area contributed by atoms with Gasteiger partial charge in [-0.15, -0.1) is 0 Å². The van der Waals surface area contributed by atoms with Gasteiger partial charge in [-0.2, -0.15) is 8.78 Å². The number of aryl methyl sites for hydroxylation is 2. The second-order valence-corrected chi connectivity index (χ2v) is 8.51. The van der Waals surface area contributed by atoms with Gasteiger partial charge in [0, 0.05) is 11.3 Å². The van der Waals surface area contributed by atoms with Gasteiger partial charge in [0.2, 0.25) is 10.0 Å². The molecule has 158 valence electrons. The van der Waals surface area contributed by atoms with Crippen molar-refractivity contribution in [2.75, 3.05) is 15.8 Å². The van der Waals surface area contributed by atoms with Crippen molar-refractivity contribution in [2.24, 2.45) is 0 Å². The molecule has 2 aromatic carbocycles. The van der Waals surface area contributed by atoms with Gasteiger partial charge in [0.1, 0.15) is 5.75 Å². The third-order valence-electron chi connectivity index (χ3n) is 4.25. The van der Waals surface area contributed by atoms with E-state index in [1.165, 1.54) is 12.1 Å². The highest BCUT2D eigenvalue weighted by molar-refractivity contribution is 7.92.